The number of nitrogens with one attached hydrogen (secondary N) is 1. The molecule has 1 aromatic heterocycles. The van der Waals surface area contributed by atoms with Gasteiger partial charge in [0.15, 0.2) is 0 Å². The minimum Gasteiger partial charge on any atom is -0.312 e. The molecular weight excluding hydrogens is 398 g/mol. The van der Waals surface area contributed by atoms with Crippen molar-refractivity contribution < 1.29 is 4.79 Å². The fraction of sp³-hybridized carbons (Fsp3) is 0.423. The van der Waals surface area contributed by atoms with Crippen LogP contribution in [0.15, 0.2) is 48.5 Å². The zero-order valence-corrected chi connectivity index (χ0v) is 19.9. The minimum absolute atomic E-state index is 0.0264. The molecule has 1 N–H and O–H groups in total. The molecule has 0 saturated carbocycles. The molecule has 4 rings (SSSR count). The molecule has 6 nitrogen and oxygen atoms in total. The molecule has 0 aliphatic carbocycles. The highest BCUT2D eigenvalue weighted by Gasteiger charge is 2.31. The Kier molecular flexibility index (Phi) is 5.67. The number of hydrogen-bond donors (Lipinski definition) is 1. The highest BCUT2D eigenvalue weighted by atomic mass is 16.2. The van der Waals surface area contributed by atoms with Gasteiger partial charge in [-0.25, -0.2) is 4.68 Å². The number of benzene rings is 2. The van der Waals surface area contributed by atoms with Crippen LogP contribution in [0.5, 0.6) is 0 Å². The SMILES string of the molecule is CC(C)(C)NCCC(=O)N1Cc2ccccc2-c2c(nnn2C(C)(C)C)-c2ccccc21. The molecule has 0 fully saturated rings. The van der Waals surface area contributed by atoms with Crippen LogP contribution in [0.25, 0.3) is 22.5 Å². The summed E-state index contributed by atoms with van der Waals surface area (Å²) in [4.78, 5) is 15.3. The first-order valence-corrected chi connectivity index (χ1v) is 11.3. The topological polar surface area (TPSA) is 63.1 Å². The Morgan fingerprint density at radius 1 is 0.969 bits per heavy atom. The molecule has 0 spiro atoms. The lowest BCUT2D eigenvalue weighted by molar-refractivity contribution is -0.118. The van der Waals surface area contributed by atoms with Crippen molar-refractivity contribution in [2.45, 2.75) is 65.6 Å². The summed E-state index contributed by atoms with van der Waals surface area (Å²) in [5.74, 6) is 0.0932. The van der Waals surface area contributed by atoms with Crippen molar-refractivity contribution in [1.29, 1.82) is 0 Å². The number of nitrogens with zero attached hydrogens (tertiary/aromatic N) is 4. The third kappa shape index (κ3) is 4.32. The van der Waals surface area contributed by atoms with E-state index in [-0.39, 0.29) is 17.0 Å². The lowest BCUT2D eigenvalue weighted by Crippen LogP contribution is -2.40. The van der Waals surface area contributed by atoms with Crippen LogP contribution in [-0.4, -0.2) is 33.0 Å². The standard InChI is InChI=1S/C26H33N5O/c1-25(2,3)27-16-15-22(32)30-17-18-11-7-8-12-19(18)24-23(20-13-9-10-14-21(20)30)28-29-31(24)26(4,5)6/h7-14,27H,15-17H2,1-6H3. The summed E-state index contributed by atoms with van der Waals surface area (Å²) in [7, 11) is 0. The van der Waals surface area contributed by atoms with Gasteiger partial charge < -0.3 is 10.2 Å². The number of rotatable bonds is 3. The molecule has 3 aromatic rings. The summed E-state index contributed by atoms with van der Waals surface area (Å²) in [5, 5.41) is 12.6. The van der Waals surface area contributed by atoms with Gasteiger partial charge in [0, 0.05) is 29.6 Å². The molecule has 2 heterocycles. The molecule has 32 heavy (non-hydrogen) atoms. The second kappa shape index (κ2) is 8.17. The number of para-hydroxylation sites is 1. The van der Waals surface area contributed by atoms with Crippen LogP contribution in [0.1, 0.15) is 53.5 Å². The Hall–Kier alpha value is -2.99. The first-order valence-electron chi connectivity index (χ1n) is 11.3. The van der Waals surface area contributed by atoms with E-state index in [2.05, 4.69) is 69.3 Å². The Morgan fingerprint density at radius 3 is 2.31 bits per heavy atom. The lowest BCUT2D eigenvalue weighted by Gasteiger charge is -2.30. The van der Waals surface area contributed by atoms with Gasteiger partial charge in [0.25, 0.3) is 0 Å². The van der Waals surface area contributed by atoms with Crippen LogP contribution in [0, 0.1) is 0 Å². The Morgan fingerprint density at radius 2 is 1.62 bits per heavy atom. The van der Waals surface area contributed by atoms with E-state index in [9.17, 15) is 4.79 Å². The molecule has 6 heteroatoms. The van der Waals surface area contributed by atoms with Gasteiger partial charge in [-0.05, 0) is 53.2 Å². The van der Waals surface area contributed by atoms with Crippen molar-refractivity contribution in [2.24, 2.45) is 0 Å². The first-order chi connectivity index (χ1) is 15.1. The van der Waals surface area contributed by atoms with Crippen LogP contribution >= 0.6 is 0 Å². The van der Waals surface area contributed by atoms with Gasteiger partial charge in [0.2, 0.25) is 5.91 Å². The summed E-state index contributed by atoms with van der Waals surface area (Å²) < 4.78 is 2.00. The first kappa shape index (κ1) is 22.2. The van der Waals surface area contributed by atoms with Crippen LogP contribution in [0.4, 0.5) is 5.69 Å². The van der Waals surface area contributed by atoms with Crippen LogP contribution < -0.4 is 10.2 Å². The van der Waals surface area contributed by atoms with E-state index in [1.165, 1.54) is 0 Å². The van der Waals surface area contributed by atoms with Crippen LogP contribution in [0.2, 0.25) is 0 Å². The second-order valence-electron chi connectivity index (χ2n) is 10.5. The molecule has 0 bridgehead atoms. The highest BCUT2D eigenvalue weighted by Crippen LogP contribution is 2.42. The average Bonchev–Trinajstić information content (AvgIpc) is 3.15. The van der Waals surface area contributed by atoms with E-state index in [4.69, 9.17) is 0 Å². The maximum atomic E-state index is 13.4. The fourth-order valence-electron chi connectivity index (χ4n) is 4.13. The van der Waals surface area contributed by atoms with Gasteiger partial charge in [0.1, 0.15) is 5.69 Å². The van der Waals surface area contributed by atoms with Gasteiger partial charge in [-0.2, -0.15) is 0 Å². The highest BCUT2D eigenvalue weighted by molar-refractivity contribution is 6.00. The predicted molar refractivity (Wildman–Crippen MR) is 129 cm³/mol. The molecule has 2 aromatic carbocycles. The molecule has 1 amide bonds. The van der Waals surface area contributed by atoms with Crippen LogP contribution in [-0.2, 0) is 16.9 Å². The maximum absolute atomic E-state index is 13.4. The van der Waals surface area contributed by atoms with Gasteiger partial charge in [-0.15, -0.1) is 5.10 Å². The normalized spacial score (nSPS) is 13.6. The Bertz CT molecular complexity index is 1130. The third-order valence-electron chi connectivity index (χ3n) is 5.65. The van der Waals surface area contributed by atoms with Gasteiger partial charge in [-0.3, -0.25) is 4.79 Å². The quantitative estimate of drug-likeness (QED) is 0.634. The lowest BCUT2D eigenvalue weighted by atomic mass is 9.94. The number of hydrogen-bond acceptors (Lipinski definition) is 4. The monoisotopic (exact) mass is 431 g/mol. The molecule has 0 saturated heterocycles. The van der Waals surface area contributed by atoms with E-state index in [0.717, 1.165) is 33.8 Å². The van der Waals surface area contributed by atoms with Crippen LogP contribution in [0.3, 0.4) is 0 Å². The third-order valence-corrected chi connectivity index (χ3v) is 5.65. The van der Waals surface area contributed by atoms with E-state index in [0.29, 0.717) is 19.5 Å². The average molecular weight is 432 g/mol. The van der Waals surface area contributed by atoms with Crippen molar-refractivity contribution >= 4 is 11.6 Å². The minimum atomic E-state index is -0.226. The molecule has 1 aliphatic heterocycles. The number of anilines is 1. The molecule has 0 atom stereocenters. The molecule has 1 aliphatic rings. The van der Waals surface area contributed by atoms with Crippen molar-refractivity contribution in [1.82, 2.24) is 20.3 Å². The zero-order valence-electron chi connectivity index (χ0n) is 19.9. The largest absolute Gasteiger partial charge is 0.312 e. The van der Waals surface area contributed by atoms with E-state index in [1.807, 2.05) is 46.0 Å². The molecule has 0 radical (unpaired) electrons. The number of amides is 1. The predicted octanol–water partition coefficient (Wildman–Crippen LogP) is 4.99. The summed E-state index contributed by atoms with van der Waals surface area (Å²) in [6, 6.07) is 16.3. The van der Waals surface area contributed by atoms with Gasteiger partial charge >= 0.3 is 0 Å². The smallest absolute Gasteiger partial charge is 0.228 e. The molecule has 168 valence electrons. The van der Waals surface area contributed by atoms with E-state index in [1.54, 1.807) is 0 Å². The Labute approximate surface area is 190 Å². The molecular formula is C26H33N5O. The Balaban J connectivity index is 1.85. The second-order valence-corrected chi connectivity index (χ2v) is 10.5. The summed E-state index contributed by atoms with van der Waals surface area (Å²) in [6.45, 7) is 13.9. The number of carbonyl (C=O) groups is 1. The van der Waals surface area contributed by atoms with Gasteiger partial charge in [-0.1, -0.05) is 47.7 Å². The maximum Gasteiger partial charge on any atom is 0.228 e. The number of carbonyl (C=O) groups excluding carboxylic acids is 1. The summed E-state index contributed by atoms with van der Waals surface area (Å²) in [6.07, 6.45) is 0.426. The number of fused-ring (bicyclic) bond motifs is 5. The van der Waals surface area contributed by atoms with Crippen molar-refractivity contribution in [3.63, 3.8) is 0 Å². The van der Waals surface area contributed by atoms with Crippen molar-refractivity contribution in [3.8, 4) is 22.5 Å². The number of aromatic nitrogens is 3. The summed E-state index contributed by atoms with van der Waals surface area (Å²) in [5.41, 5.74) is 5.54. The fourth-order valence-corrected chi connectivity index (χ4v) is 4.13. The van der Waals surface area contributed by atoms with Crippen molar-refractivity contribution in [2.75, 3.05) is 11.4 Å². The van der Waals surface area contributed by atoms with Crippen molar-refractivity contribution in [3.05, 3.63) is 54.1 Å². The van der Waals surface area contributed by atoms with E-state index < -0.39 is 0 Å². The summed E-state index contributed by atoms with van der Waals surface area (Å²) >= 11 is 0. The van der Waals surface area contributed by atoms with E-state index >= 15 is 0 Å². The zero-order chi connectivity index (χ0) is 23.1. The van der Waals surface area contributed by atoms with Gasteiger partial charge in [0.05, 0.1) is 23.5 Å². The molecule has 0 unspecified atom stereocenters.